The molecule has 0 spiro atoms. The molecule has 0 N–H and O–H groups in total. The third-order valence-corrected chi connectivity index (χ3v) is 3.50. The lowest BCUT2D eigenvalue weighted by Gasteiger charge is -2.13. The van der Waals surface area contributed by atoms with E-state index in [2.05, 4.69) is 0 Å². The molecular formula is C18H20O4. The Morgan fingerprint density at radius 1 is 1.00 bits per heavy atom. The fraction of sp³-hybridized carbons (Fsp3) is 0.278. The van der Waals surface area contributed by atoms with Gasteiger partial charge in [-0.2, -0.15) is 0 Å². The summed E-state index contributed by atoms with van der Waals surface area (Å²) in [7, 11) is 1.57. The van der Waals surface area contributed by atoms with Gasteiger partial charge in [0.15, 0.2) is 6.29 Å². The van der Waals surface area contributed by atoms with Crippen molar-refractivity contribution in [3.8, 4) is 17.2 Å². The Labute approximate surface area is 130 Å². The highest BCUT2D eigenvalue weighted by atomic mass is 16.5. The second kappa shape index (κ2) is 7.50. The predicted octanol–water partition coefficient (Wildman–Crippen LogP) is 3.58. The average Bonchev–Trinajstić information content (AvgIpc) is 2.55. The molecular weight excluding hydrogens is 280 g/mol. The number of benzene rings is 2. The number of hydrogen-bond acceptors (Lipinski definition) is 4. The number of aryl methyl sites for hydroxylation is 1. The standard InChI is InChI=1S/C18H20O4/c1-13-5-4-6-17(14(13)2)21-9-10-22-18-11-16(20-3)8-7-15(18)12-19/h4-8,11-12H,9-10H2,1-3H3. The van der Waals surface area contributed by atoms with Crippen LogP contribution in [0, 0.1) is 13.8 Å². The SMILES string of the molecule is COc1ccc(C=O)c(OCCOc2cccc(C)c2C)c1. The summed E-state index contributed by atoms with van der Waals surface area (Å²) in [5.41, 5.74) is 2.81. The lowest BCUT2D eigenvalue weighted by Crippen LogP contribution is -2.10. The summed E-state index contributed by atoms with van der Waals surface area (Å²) in [6.07, 6.45) is 0.764. The summed E-state index contributed by atoms with van der Waals surface area (Å²) < 4.78 is 16.5. The lowest BCUT2D eigenvalue weighted by atomic mass is 10.1. The first-order chi connectivity index (χ1) is 10.7. The highest BCUT2D eigenvalue weighted by Gasteiger charge is 2.06. The Morgan fingerprint density at radius 2 is 1.73 bits per heavy atom. The van der Waals surface area contributed by atoms with Crippen molar-refractivity contribution in [2.75, 3.05) is 20.3 Å². The van der Waals surface area contributed by atoms with Crippen LogP contribution in [0.5, 0.6) is 17.2 Å². The smallest absolute Gasteiger partial charge is 0.153 e. The van der Waals surface area contributed by atoms with Gasteiger partial charge in [0.1, 0.15) is 30.5 Å². The van der Waals surface area contributed by atoms with Gasteiger partial charge in [0.25, 0.3) is 0 Å². The zero-order chi connectivity index (χ0) is 15.9. The van der Waals surface area contributed by atoms with Gasteiger partial charge < -0.3 is 14.2 Å². The van der Waals surface area contributed by atoms with Crippen LogP contribution in [0.2, 0.25) is 0 Å². The van der Waals surface area contributed by atoms with E-state index in [1.807, 2.05) is 32.0 Å². The molecule has 0 saturated carbocycles. The van der Waals surface area contributed by atoms with Crippen LogP contribution >= 0.6 is 0 Å². The van der Waals surface area contributed by atoms with Gasteiger partial charge in [0.2, 0.25) is 0 Å². The molecule has 0 bridgehead atoms. The molecule has 2 aromatic rings. The zero-order valence-electron chi connectivity index (χ0n) is 13.1. The molecule has 0 radical (unpaired) electrons. The Hall–Kier alpha value is -2.49. The van der Waals surface area contributed by atoms with E-state index >= 15 is 0 Å². The first kappa shape index (κ1) is 15.9. The molecule has 0 saturated heterocycles. The second-order valence-corrected chi connectivity index (χ2v) is 4.92. The molecule has 2 aromatic carbocycles. The van der Waals surface area contributed by atoms with Gasteiger partial charge in [-0.05, 0) is 43.2 Å². The van der Waals surface area contributed by atoms with E-state index in [4.69, 9.17) is 14.2 Å². The van der Waals surface area contributed by atoms with Gasteiger partial charge in [0, 0.05) is 6.07 Å². The fourth-order valence-electron chi connectivity index (χ4n) is 2.05. The van der Waals surface area contributed by atoms with Crippen molar-refractivity contribution in [1.29, 1.82) is 0 Å². The largest absolute Gasteiger partial charge is 0.497 e. The van der Waals surface area contributed by atoms with Crippen LogP contribution < -0.4 is 14.2 Å². The zero-order valence-corrected chi connectivity index (χ0v) is 13.1. The van der Waals surface area contributed by atoms with Crippen LogP contribution in [0.4, 0.5) is 0 Å². The lowest BCUT2D eigenvalue weighted by molar-refractivity contribution is 0.111. The first-order valence-corrected chi connectivity index (χ1v) is 7.10. The summed E-state index contributed by atoms with van der Waals surface area (Å²) in [6.45, 7) is 4.82. The van der Waals surface area contributed by atoms with E-state index in [1.54, 1.807) is 25.3 Å². The minimum absolute atomic E-state index is 0.349. The molecule has 2 rings (SSSR count). The van der Waals surface area contributed by atoms with Crippen LogP contribution in [-0.4, -0.2) is 26.6 Å². The molecule has 0 aliphatic rings. The summed E-state index contributed by atoms with van der Waals surface area (Å²) in [5, 5.41) is 0. The maximum atomic E-state index is 11.0. The minimum atomic E-state index is 0.349. The Bertz CT molecular complexity index is 650. The highest BCUT2D eigenvalue weighted by molar-refractivity contribution is 5.79. The first-order valence-electron chi connectivity index (χ1n) is 7.10. The molecule has 116 valence electrons. The molecule has 0 heterocycles. The van der Waals surface area contributed by atoms with E-state index in [-0.39, 0.29) is 0 Å². The van der Waals surface area contributed by atoms with Crippen LogP contribution in [0.15, 0.2) is 36.4 Å². The summed E-state index contributed by atoms with van der Waals surface area (Å²) in [6, 6.07) is 11.0. The molecule has 0 fully saturated rings. The quantitative estimate of drug-likeness (QED) is 0.579. The minimum Gasteiger partial charge on any atom is -0.497 e. The van der Waals surface area contributed by atoms with Crippen molar-refractivity contribution >= 4 is 6.29 Å². The van der Waals surface area contributed by atoms with E-state index in [1.165, 1.54) is 5.56 Å². The summed E-state index contributed by atoms with van der Waals surface area (Å²) in [5.74, 6) is 2.00. The molecule has 0 unspecified atom stereocenters. The molecule has 4 heteroatoms. The van der Waals surface area contributed by atoms with Gasteiger partial charge in [-0.25, -0.2) is 0 Å². The normalized spacial score (nSPS) is 10.1. The number of carbonyl (C=O) groups is 1. The van der Waals surface area contributed by atoms with E-state index < -0.39 is 0 Å². The van der Waals surface area contributed by atoms with Crippen LogP contribution in [0.25, 0.3) is 0 Å². The van der Waals surface area contributed by atoms with Crippen molar-refractivity contribution < 1.29 is 19.0 Å². The molecule has 22 heavy (non-hydrogen) atoms. The molecule has 0 aromatic heterocycles. The molecule has 0 aliphatic heterocycles. The molecule has 4 nitrogen and oxygen atoms in total. The number of hydrogen-bond donors (Lipinski definition) is 0. The Morgan fingerprint density at radius 3 is 2.41 bits per heavy atom. The Balaban J connectivity index is 1.94. The van der Waals surface area contributed by atoms with Crippen molar-refractivity contribution in [3.05, 3.63) is 53.1 Å². The van der Waals surface area contributed by atoms with Crippen LogP contribution in [0.3, 0.4) is 0 Å². The second-order valence-electron chi connectivity index (χ2n) is 4.92. The average molecular weight is 300 g/mol. The molecule has 0 atom stereocenters. The number of ether oxygens (including phenoxy) is 3. The third kappa shape index (κ3) is 3.79. The Kier molecular flexibility index (Phi) is 5.42. The van der Waals surface area contributed by atoms with Crippen molar-refractivity contribution in [2.24, 2.45) is 0 Å². The van der Waals surface area contributed by atoms with Crippen molar-refractivity contribution in [1.82, 2.24) is 0 Å². The maximum Gasteiger partial charge on any atom is 0.153 e. The van der Waals surface area contributed by atoms with Gasteiger partial charge >= 0.3 is 0 Å². The van der Waals surface area contributed by atoms with Gasteiger partial charge in [-0.1, -0.05) is 12.1 Å². The monoisotopic (exact) mass is 300 g/mol. The van der Waals surface area contributed by atoms with E-state index in [0.29, 0.717) is 30.3 Å². The number of methoxy groups -OCH3 is 1. The molecule has 0 amide bonds. The molecule has 0 aliphatic carbocycles. The van der Waals surface area contributed by atoms with Crippen molar-refractivity contribution in [3.63, 3.8) is 0 Å². The van der Waals surface area contributed by atoms with E-state index in [9.17, 15) is 4.79 Å². The fourth-order valence-corrected chi connectivity index (χ4v) is 2.05. The highest BCUT2D eigenvalue weighted by Crippen LogP contribution is 2.24. The van der Waals surface area contributed by atoms with Crippen LogP contribution in [-0.2, 0) is 0 Å². The number of rotatable bonds is 7. The summed E-state index contributed by atoms with van der Waals surface area (Å²) in [4.78, 5) is 11.0. The third-order valence-electron chi connectivity index (χ3n) is 3.50. The topological polar surface area (TPSA) is 44.8 Å². The number of carbonyl (C=O) groups excluding carboxylic acids is 1. The van der Waals surface area contributed by atoms with E-state index in [0.717, 1.165) is 17.6 Å². The van der Waals surface area contributed by atoms with Gasteiger partial charge in [-0.3, -0.25) is 4.79 Å². The van der Waals surface area contributed by atoms with Gasteiger partial charge in [-0.15, -0.1) is 0 Å². The number of aldehydes is 1. The van der Waals surface area contributed by atoms with Gasteiger partial charge in [0.05, 0.1) is 12.7 Å². The van der Waals surface area contributed by atoms with Crippen molar-refractivity contribution in [2.45, 2.75) is 13.8 Å². The maximum absolute atomic E-state index is 11.0. The predicted molar refractivity (Wildman–Crippen MR) is 85.3 cm³/mol. The van der Waals surface area contributed by atoms with Crippen LogP contribution in [0.1, 0.15) is 21.5 Å². The summed E-state index contributed by atoms with van der Waals surface area (Å²) >= 11 is 0.